The lowest BCUT2D eigenvalue weighted by molar-refractivity contribution is 0.381. The standard InChI is InChI=1S/C16H22N2O2S/c1-19-12-8-9-14(16(11-12)20-2)15(18-17)7-3-5-13-6-4-10-21-13/h4,6,8-11,15,18H,3,5,7,17H2,1-2H3. The smallest absolute Gasteiger partial charge is 0.127 e. The molecule has 0 saturated heterocycles. The Hall–Kier alpha value is -1.56. The van der Waals surface area contributed by atoms with Crippen molar-refractivity contribution in [3.63, 3.8) is 0 Å². The van der Waals surface area contributed by atoms with Gasteiger partial charge in [-0.2, -0.15) is 0 Å². The summed E-state index contributed by atoms with van der Waals surface area (Å²) in [6, 6.07) is 10.2. The average molecular weight is 306 g/mol. The van der Waals surface area contributed by atoms with Crippen LogP contribution in [0.15, 0.2) is 35.7 Å². The van der Waals surface area contributed by atoms with Gasteiger partial charge in [0.15, 0.2) is 0 Å². The zero-order valence-electron chi connectivity index (χ0n) is 12.5. The second kappa shape index (κ2) is 8.02. The second-order valence-electron chi connectivity index (χ2n) is 4.80. The fraction of sp³-hybridized carbons (Fsp3) is 0.375. The van der Waals surface area contributed by atoms with Gasteiger partial charge < -0.3 is 9.47 Å². The van der Waals surface area contributed by atoms with E-state index in [-0.39, 0.29) is 6.04 Å². The highest BCUT2D eigenvalue weighted by Crippen LogP contribution is 2.31. The van der Waals surface area contributed by atoms with Crippen LogP contribution >= 0.6 is 11.3 Å². The van der Waals surface area contributed by atoms with Gasteiger partial charge in [0.2, 0.25) is 0 Å². The van der Waals surface area contributed by atoms with Crippen LogP contribution in [-0.2, 0) is 6.42 Å². The zero-order chi connectivity index (χ0) is 15.1. The molecule has 1 aromatic carbocycles. The molecule has 1 aromatic heterocycles. The summed E-state index contributed by atoms with van der Waals surface area (Å²) in [7, 11) is 3.31. The SMILES string of the molecule is COc1ccc(C(CCCc2cccs2)NN)c(OC)c1. The number of ether oxygens (including phenoxy) is 2. The molecule has 2 rings (SSSR count). The first-order valence-electron chi connectivity index (χ1n) is 6.99. The van der Waals surface area contributed by atoms with Gasteiger partial charge in [0.05, 0.1) is 14.2 Å². The lowest BCUT2D eigenvalue weighted by Gasteiger charge is -2.19. The van der Waals surface area contributed by atoms with E-state index >= 15 is 0 Å². The first-order valence-corrected chi connectivity index (χ1v) is 7.87. The first kappa shape index (κ1) is 15.8. The number of benzene rings is 1. The maximum Gasteiger partial charge on any atom is 0.127 e. The van der Waals surface area contributed by atoms with Crippen molar-refractivity contribution in [2.24, 2.45) is 5.84 Å². The molecule has 1 unspecified atom stereocenters. The monoisotopic (exact) mass is 306 g/mol. The van der Waals surface area contributed by atoms with E-state index in [4.69, 9.17) is 15.3 Å². The normalized spacial score (nSPS) is 12.1. The predicted molar refractivity (Wildman–Crippen MR) is 86.9 cm³/mol. The van der Waals surface area contributed by atoms with Crippen molar-refractivity contribution in [1.29, 1.82) is 0 Å². The van der Waals surface area contributed by atoms with Gasteiger partial charge in [-0.25, -0.2) is 0 Å². The van der Waals surface area contributed by atoms with Crippen LogP contribution in [-0.4, -0.2) is 14.2 Å². The minimum atomic E-state index is 0.0748. The molecule has 0 radical (unpaired) electrons. The molecule has 3 N–H and O–H groups in total. The van der Waals surface area contributed by atoms with Crippen LogP contribution in [0.25, 0.3) is 0 Å². The number of rotatable bonds is 8. The highest BCUT2D eigenvalue weighted by Gasteiger charge is 2.15. The highest BCUT2D eigenvalue weighted by molar-refractivity contribution is 7.09. The molecule has 0 fully saturated rings. The van der Waals surface area contributed by atoms with E-state index in [1.165, 1.54) is 4.88 Å². The van der Waals surface area contributed by atoms with Gasteiger partial charge in [-0.3, -0.25) is 11.3 Å². The van der Waals surface area contributed by atoms with Crippen LogP contribution in [0.4, 0.5) is 0 Å². The van der Waals surface area contributed by atoms with Crippen molar-refractivity contribution in [2.75, 3.05) is 14.2 Å². The number of nitrogens with one attached hydrogen (secondary N) is 1. The molecule has 1 atom stereocenters. The van der Waals surface area contributed by atoms with E-state index < -0.39 is 0 Å². The second-order valence-corrected chi connectivity index (χ2v) is 5.83. The molecule has 0 saturated carbocycles. The summed E-state index contributed by atoms with van der Waals surface area (Å²) in [5.41, 5.74) is 3.96. The van der Waals surface area contributed by atoms with Crippen LogP contribution in [0.1, 0.15) is 29.3 Å². The van der Waals surface area contributed by atoms with Crippen molar-refractivity contribution >= 4 is 11.3 Å². The van der Waals surface area contributed by atoms with E-state index in [0.29, 0.717) is 0 Å². The summed E-state index contributed by atoms with van der Waals surface area (Å²) in [5.74, 6) is 7.31. The van der Waals surface area contributed by atoms with E-state index in [9.17, 15) is 0 Å². The van der Waals surface area contributed by atoms with Gasteiger partial charge in [-0.1, -0.05) is 12.1 Å². The maximum absolute atomic E-state index is 5.72. The minimum absolute atomic E-state index is 0.0748. The molecule has 0 aliphatic rings. The molecule has 0 aliphatic carbocycles. The van der Waals surface area contributed by atoms with E-state index in [1.54, 1.807) is 25.6 Å². The number of methoxy groups -OCH3 is 2. The number of hydrogen-bond donors (Lipinski definition) is 2. The lowest BCUT2D eigenvalue weighted by atomic mass is 10.00. The third-order valence-corrected chi connectivity index (χ3v) is 4.45. The summed E-state index contributed by atoms with van der Waals surface area (Å²) in [5, 5.41) is 2.11. The highest BCUT2D eigenvalue weighted by atomic mass is 32.1. The van der Waals surface area contributed by atoms with Crippen molar-refractivity contribution in [1.82, 2.24) is 5.43 Å². The third kappa shape index (κ3) is 4.20. The molecular formula is C16H22N2O2S. The van der Waals surface area contributed by atoms with Gasteiger partial charge in [0, 0.05) is 22.5 Å². The number of hydrazine groups is 1. The van der Waals surface area contributed by atoms with E-state index in [1.807, 2.05) is 18.2 Å². The molecular weight excluding hydrogens is 284 g/mol. The molecule has 4 nitrogen and oxygen atoms in total. The van der Waals surface area contributed by atoms with E-state index in [2.05, 4.69) is 22.9 Å². The molecule has 21 heavy (non-hydrogen) atoms. The molecule has 1 heterocycles. The van der Waals surface area contributed by atoms with Crippen LogP contribution in [0, 0.1) is 0 Å². The summed E-state index contributed by atoms with van der Waals surface area (Å²) in [6.07, 6.45) is 3.11. The summed E-state index contributed by atoms with van der Waals surface area (Å²) >= 11 is 1.80. The number of hydrogen-bond acceptors (Lipinski definition) is 5. The molecule has 5 heteroatoms. The van der Waals surface area contributed by atoms with Gasteiger partial charge in [-0.05, 0) is 36.8 Å². The number of aryl methyl sites for hydroxylation is 1. The predicted octanol–water partition coefficient (Wildman–Crippen LogP) is 3.29. The number of nitrogens with two attached hydrogens (primary N) is 1. The Kier molecular flexibility index (Phi) is 6.04. The average Bonchev–Trinajstić information content (AvgIpc) is 3.04. The molecule has 0 spiro atoms. The van der Waals surface area contributed by atoms with Gasteiger partial charge in [0.25, 0.3) is 0 Å². The Morgan fingerprint density at radius 2 is 2.10 bits per heavy atom. The number of thiophene rings is 1. The summed E-state index contributed by atoms with van der Waals surface area (Å²) in [4.78, 5) is 1.41. The fourth-order valence-corrected chi connectivity index (χ4v) is 3.12. The van der Waals surface area contributed by atoms with Crippen molar-refractivity contribution < 1.29 is 9.47 Å². The molecule has 0 aliphatic heterocycles. The van der Waals surface area contributed by atoms with Crippen molar-refractivity contribution in [3.05, 3.63) is 46.2 Å². The Balaban J connectivity index is 2.02. The Morgan fingerprint density at radius 1 is 1.24 bits per heavy atom. The van der Waals surface area contributed by atoms with Gasteiger partial charge in [-0.15, -0.1) is 11.3 Å². The zero-order valence-corrected chi connectivity index (χ0v) is 13.3. The lowest BCUT2D eigenvalue weighted by Crippen LogP contribution is -2.28. The van der Waals surface area contributed by atoms with Gasteiger partial charge in [0.1, 0.15) is 11.5 Å². The van der Waals surface area contributed by atoms with Crippen LogP contribution < -0.4 is 20.7 Å². The van der Waals surface area contributed by atoms with Crippen LogP contribution in [0.5, 0.6) is 11.5 Å². The Bertz CT molecular complexity index is 543. The molecule has 0 amide bonds. The fourth-order valence-electron chi connectivity index (χ4n) is 2.37. The minimum Gasteiger partial charge on any atom is -0.497 e. The van der Waals surface area contributed by atoms with Gasteiger partial charge >= 0.3 is 0 Å². The molecule has 2 aromatic rings. The third-order valence-electron chi connectivity index (χ3n) is 3.51. The van der Waals surface area contributed by atoms with E-state index in [0.717, 1.165) is 36.3 Å². The topological polar surface area (TPSA) is 56.5 Å². The van der Waals surface area contributed by atoms with Crippen LogP contribution in [0.3, 0.4) is 0 Å². The molecule has 0 bridgehead atoms. The first-order chi connectivity index (χ1) is 10.3. The largest absolute Gasteiger partial charge is 0.497 e. The Labute approximate surface area is 129 Å². The maximum atomic E-state index is 5.72. The van der Waals surface area contributed by atoms with Crippen molar-refractivity contribution in [3.8, 4) is 11.5 Å². The quantitative estimate of drug-likeness (QED) is 0.580. The van der Waals surface area contributed by atoms with Crippen LogP contribution in [0.2, 0.25) is 0 Å². The molecule has 114 valence electrons. The van der Waals surface area contributed by atoms with Crippen molar-refractivity contribution in [2.45, 2.75) is 25.3 Å². The summed E-state index contributed by atoms with van der Waals surface area (Å²) < 4.78 is 10.7. The summed E-state index contributed by atoms with van der Waals surface area (Å²) in [6.45, 7) is 0. The Morgan fingerprint density at radius 3 is 2.71 bits per heavy atom.